The summed E-state index contributed by atoms with van der Waals surface area (Å²) in [6, 6.07) is 10.3. The molecule has 0 amide bonds. The van der Waals surface area contributed by atoms with E-state index in [-0.39, 0.29) is 36.7 Å². The van der Waals surface area contributed by atoms with Gasteiger partial charge in [-0.2, -0.15) is 0 Å². The number of benzene rings is 1. The van der Waals surface area contributed by atoms with Crippen molar-refractivity contribution in [1.29, 1.82) is 0 Å². The molecule has 0 spiro atoms. The minimum atomic E-state index is -0.392. The van der Waals surface area contributed by atoms with Gasteiger partial charge in [0.05, 0.1) is 35.6 Å². The molecule has 2 aliphatic heterocycles. The summed E-state index contributed by atoms with van der Waals surface area (Å²) >= 11 is 0. The zero-order valence-corrected chi connectivity index (χ0v) is 22.9. The van der Waals surface area contributed by atoms with E-state index in [1.807, 2.05) is 18.2 Å². The Morgan fingerprint density at radius 3 is 1.85 bits per heavy atom. The third-order valence-electron chi connectivity index (χ3n) is 8.03. The minimum absolute atomic E-state index is 0.00764. The molecule has 188 valence electrons. The zero-order chi connectivity index (χ0) is 25.4. The van der Waals surface area contributed by atoms with Gasteiger partial charge < -0.3 is 23.4 Å². The number of ether oxygens (including phenoxy) is 1. The maximum absolute atomic E-state index is 6.47. The van der Waals surface area contributed by atoms with Crippen LogP contribution in [0.25, 0.3) is 0 Å². The molecule has 5 nitrogen and oxygen atoms in total. The molecule has 0 bridgehead atoms. The molecule has 2 aliphatic rings. The highest BCUT2D eigenvalue weighted by atomic mass is 16.7. The number of hydrogen-bond acceptors (Lipinski definition) is 5. The van der Waals surface area contributed by atoms with E-state index >= 15 is 0 Å². The molecule has 1 atom stereocenters. The lowest BCUT2D eigenvalue weighted by Crippen LogP contribution is -2.41. The molecule has 0 aliphatic carbocycles. The maximum Gasteiger partial charge on any atom is 0.465 e. The van der Waals surface area contributed by atoms with E-state index in [4.69, 9.17) is 23.4 Å². The summed E-state index contributed by atoms with van der Waals surface area (Å²) in [5.41, 5.74) is -0.501. The average Bonchev–Trinajstić information content (AvgIpc) is 3.04. The first kappa shape index (κ1) is 27.5. The molecule has 7 heteroatoms. The van der Waals surface area contributed by atoms with Crippen molar-refractivity contribution in [3.63, 3.8) is 0 Å². The van der Waals surface area contributed by atoms with E-state index in [0.717, 1.165) is 0 Å². The lowest BCUT2D eigenvalue weighted by molar-refractivity contribution is 0.00578. The fraction of sp³-hybridized carbons (Fsp3) is 0.704. The normalized spacial score (nSPS) is 24.2. The summed E-state index contributed by atoms with van der Waals surface area (Å²) in [6.45, 7) is 22.3. The van der Waals surface area contributed by atoms with Crippen molar-refractivity contribution >= 4 is 14.2 Å². The van der Waals surface area contributed by atoms with E-state index in [1.165, 1.54) is 5.56 Å². The van der Waals surface area contributed by atoms with Crippen LogP contribution in [0.1, 0.15) is 74.8 Å². The van der Waals surface area contributed by atoms with Crippen molar-refractivity contribution < 1.29 is 23.4 Å². The van der Waals surface area contributed by atoms with E-state index in [0.29, 0.717) is 19.5 Å². The Labute approximate surface area is 208 Å². The lowest BCUT2D eigenvalue weighted by atomic mass is 9.58. The van der Waals surface area contributed by atoms with Crippen LogP contribution in [0.4, 0.5) is 0 Å². The van der Waals surface area contributed by atoms with Gasteiger partial charge in [0.2, 0.25) is 0 Å². The SMILES string of the molecule is CC(C)(COCc1ccccc1)[C@H](/C=C\CB1OC(C)(C)C(C)(C)O1)B1OC(C)(C)C(C)(C)O1. The van der Waals surface area contributed by atoms with Crippen LogP contribution in [0.3, 0.4) is 0 Å². The molecule has 1 aromatic rings. The van der Waals surface area contributed by atoms with E-state index in [9.17, 15) is 0 Å². The Bertz CT molecular complexity index is 816. The smallest absolute Gasteiger partial charge is 0.403 e. The van der Waals surface area contributed by atoms with Gasteiger partial charge in [0.15, 0.2) is 0 Å². The van der Waals surface area contributed by atoms with Gasteiger partial charge >= 0.3 is 14.2 Å². The molecule has 0 saturated carbocycles. The summed E-state index contributed by atoms with van der Waals surface area (Å²) in [5.74, 6) is -0.00764. The van der Waals surface area contributed by atoms with Crippen LogP contribution in [0.2, 0.25) is 12.1 Å². The van der Waals surface area contributed by atoms with E-state index < -0.39 is 11.2 Å². The van der Waals surface area contributed by atoms with E-state index in [1.54, 1.807) is 0 Å². The number of hydrogen-bond donors (Lipinski definition) is 0. The van der Waals surface area contributed by atoms with Gasteiger partial charge in [-0.05, 0) is 66.4 Å². The molecule has 0 radical (unpaired) electrons. The van der Waals surface area contributed by atoms with Crippen LogP contribution in [0, 0.1) is 5.41 Å². The molecule has 1 aromatic carbocycles. The number of allylic oxidation sites excluding steroid dienone is 2. The summed E-state index contributed by atoms with van der Waals surface area (Å²) in [5, 5.41) is 0. The summed E-state index contributed by atoms with van der Waals surface area (Å²) in [4.78, 5) is 0. The summed E-state index contributed by atoms with van der Waals surface area (Å²) < 4.78 is 31.5. The topological polar surface area (TPSA) is 46.2 Å². The maximum atomic E-state index is 6.47. The molecule has 3 rings (SSSR count). The molecule has 2 fully saturated rings. The van der Waals surface area contributed by atoms with Crippen molar-refractivity contribution in [2.75, 3.05) is 6.61 Å². The Morgan fingerprint density at radius 2 is 1.32 bits per heavy atom. The second-order valence-electron chi connectivity index (χ2n) is 12.5. The molecular weight excluding hydrogens is 426 g/mol. The Balaban J connectivity index is 1.72. The van der Waals surface area contributed by atoms with Crippen LogP contribution >= 0.6 is 0 Å². The largest absolute Gasteiger partial charge is 0.465 e. The van der Waals surface area contributed by atoms with Crippen molar-refractivity contribution in [3.8, 4) is 0 Å². The van der Waals surface area contributed by atoms with Crippen molar-refractivity contribution in [1.82, 2.24) is 0 Å². The molecule has 34 heavy (non-hydrogen) atoms. The van der Waals surface area contributed by atoms with Gasteiger partial charge in [-0.25, -0.2) is 0 Å². The highest BCUT2D eigenvalue weighted by Gasteiger charge is 2.56. The molecule has 0 N–H and O–H groups in total. The molecule has 0 aromatic heterocycles. The van der Waals surface area contributed by atoms with Crippen LogP contribution in [0.5, 0.6) is 0 Å². The fourth-order valence-corrected chi connectivity index (χ4v) is 4.25. The zero-order valence-electron chi connectivity index (χ0n) is 22.9. The van der Waals surface area contributed by atoms with Crippen LogP contribution < -0.4 is 0 Å². The second kappa shape index (κ2) is 9.74. The third-order valence-corrected chi connectivity index (χ3v) is 8.03. The van der Waals surface area contributed by atoms with Crippen molar-refractivity contribution in [2.45, 2.75) is 110 Å². The first-order valence-electron chi connectivity index (χ1n) is 12.6. The van der Waals surface area contributed by atoms with Gasteiger partial charge in [0, 0.05) is 12.1 Å². The van der Waals surface area contributed by atoms with Gasteiger partial charge in [0.25, 0.3) is 0 Å². The summed E-state index contributed by atoms with van der Waals surface area (Å²) in [6.07, 6.45) is 5.03. The van der Waals surface area contributed by atoms with Gasteiger partial charge in [-0.3, -0.25) is 0 Å². The van der Waals surface area contributed by atoms with Crippen molar-refractivity contribution in [2.24, 2.45) is 5.41 Å². The average molecular weight is 470 g/mol. The number of rotatable bonds is 9. The van der Waals surface area contributed by atoms with Crippen LogP contribution in [0.15, 0.2) is 42.5 Å². The molecule has 2 heterocycles. The first-order valence-corrected chi connectivity index (χ1v) is 12.6. The summed E-state index contributed by atoms with van der Waals surface area (Å²) in [7, 11) is -0.632. The van der Waals surface area contributed by atoms with Crippen molar-refractivity contribution in [3.05, 3.63) is 48.0 Å². The second-order valence-corrected chi connectivity index (χ2v) is 12.5. The molecule has 2 saturated heterocycles. The Morgan fingerprint density at radius 1 is 0.824 bits per heavy atom. The van der Waals surface area contributed by atoms with Gasteiger partial charge in [0.1, 0.15) is 0 Å². The highest BCUT2D eigenvalue weighted by Crippen LogP contribution is 2.46. The van der Waals surface area contributed by atoms with Crippen LogP contribution in [-0.2, 0) is 30.0 Å². The standard InChI is InChI=1S/C27H44B2O5/c1-23(2,20-30-19-21-15-12-11-13-16-21)22(29-33-26(7,8)27(9,10)34-29)17-14-18-28-31-24(3,4)25(5,6)32-28/h11-17,22H,18-20H2,1-10H3/b17-14-/t22-/m0/s1. The minimum Gasteiger partial charge on any atom is -0.403 e. The first-order chi connectivity index (χ1) is 15.6. The van der Waals surface area contributed by atoms with E-state index in [2.05, 4.69) is 93.5 Å². The molecular formula is C27H44B2O5. The lowest BCUT2D eigenvalue weighted by Gasteiger charge is -2.33. The van der Waals surface area contributed by atoms with Gasteiger partial charge in [-0.1, -0.05) is 56.3 Å². The monoisotopic (exact) mass is 470 g/mol. The Kier molecular flexibility index (Phi) is 7.87. The predicted molar refractivity (Wildman–Crippen MR) is 140 cm³/mol. The highest BCUT2D eigenvalue weighted by molar-refractivity contribution is 6.48. The van der Waals surface area contributed by atoms with Gasteiger partial charge in [-0.15, -0.1) is 0 Å². The fourth-order valence-electron chi connectivity index (χ4n) is 4.25. The molecule has 0 unspecified atom stereocenters. The quantitative estimate of drug-likeness (QED) is 0.311. The predicted octanol–water partition coefficient (Wildman–Crippen LogP) is 6.34. The Hall–Kier alpha value is -1.11. The third kappa shape index (κ3) is 5.99. The van der Waals surface area contributed by atoms with Crippen LogP contribution in [-0.4, -0.2) is 43.2 Å².